The molecule has 0 atom stereocenters. The monoisotopic (exact) mass is 285 g/mol. The van der Waals surface area contributed by atoms with Crippen LogP contribution in [0.2, 0.25) is 0 Å². The maximum absolute atomic E-state index is 10.6. The number of benzene rings is 2. The van der Waals surface area contributed by atoms with Gasteiger partial charge in [0.2, 0.25) is 0 Å². The summed E-state index contributed by atoms with van der Waals surface area (Å²) in [6.07, 6.45) is 1.67. The lowest BCUT2D eigenvalue weighted by atomic mass is 10.1. The number of carboxylic acid groups (broad SMARTS) is 1. The van der Waals surface area contributed by atoms with Crippen LogP contribution >= 0.6 is 11.8 Å². The predicted molar refractivity (Wildman–Crippen MR) is 80.9 cm³/mol. The first-order valence-electron chi connectivity index (χ1n) is 6.61. The van der Waals surface area contributed by atoms with Crippen LogP contribution in [0.25, 0.3) is 0 Å². The highest BCUT2D eigenvalue weighted by atomic mass is 32.2. The summed E-state index contributed by atoms with van der Waals surface area (Å²) in [5.74, 6) is -0.734. The van der Waals surface area contributed by atoms with Crippen molar-refractivity contribution in [3.63, 3.8) is 0 Å². The fraction of sp³-hybridized carbons (Fsp3) is 0.188. The number of fused-ring (bicyclic) bond motifs is 2. The largest absolute Gasteiger partial charge is 0.481 e. The van der Waals surface area contributed by atoms with Crippen molar-refractivity contribution in [2.24, 2.45) is 0 Å². The van der Waals surface area contributed by atoms with E-state index in [2.05, 4.69) is 29.6 Å². The molecule has 3 rings (SSSR count). The van der Waals surface area contributed by atoms with Crippen LogP contribution < -0.4 is 5.32 Å². The third-order valence-corrected chi connectivity index (χ3v) is 4.45. The Bertz CT molecular complexity index is 655. The number of carboxylic acids is 1. The smallest absolute Gasteiger partial charge is 0.303 e. The van der Waals surface area contributed by atoms with Gasteiger partial charge >= 0.3 is 5.97 Å². The third-order valence-electron chi connectivity index (χ3n) is 3.32. The van der Waals surface area contributed by atoms with E-state index in [1.807, 2.05) is 18.2 Å². The van der Waals surface area contributed by atoms with E-state index in [4.69, 9.17) is 5.11 Å². The number of nitrogens with one attached hydrogen (secondary N) is 1. The van der Waals surface area contributed by atoms with E-state index in [0.29, 0.717) is 6.42 Å². The molecule has 0 saturated carbocycles. The summed E-state index contributed by atoms with van der Waals surface area (Å²) in [5.41, 5.74) is 3.43. The Morgan fingerprint density at radius 1 is 1.10 bits per heavy atom. The topological polar surface area (TPSA) is 49.3 Å². The number of aryl methyl sites for hydroxylation is 1. The van der Waals surface area contributed by atoms with Gasteiger partial charge in [-0.25, -0.2) is 0 Å². The zero-order valence-electron chi connectivity index (χ0n) is 10.9. The zero-order valence-corrected chi connectivity index (χ0v) is 11.7. The molecule has 1 aliphatic rings. The molecular formula is C16H15NO2S. The first-order valence-corrected chi connectivity index (χ1v) is 7.43. The minimum absolute atomic E-state index is 0.216. The van der Waals surface area contributed by atoms with Gasteiger partial charge in [-0.05, 0) is 36.6 Å². The molecular weight excluding hydrogens is 270 g/mol. The van der Waals surface area contributed by atoms with Gasteiger partial charge in [-0.2, -0.15) is 0 Å². The molecule has 0 amide bonds. The lowest BCUT2D eigenvalue weighted by molar-refractivity contribution is -0.137. The number of para-hydroxylation sites is 2. The summed E-state index contributed by atoms with van der Waals surface area (Å²) in [6.45, 7) is 0. The Morgan fingerprint density at radius 3 is 2.75 bits per heavy atom. The summed E-state index contributed by atoms with van der Waals surface area (Å²) in [6, 6.07) is 14.4. The molecule has 0 aliphatic carbocycles. The Kier molecular flexibility index (Phi) is 3.65. The van der Waals surface area contributed by atoms with Crippen molar-refractivity contribution >= 4 is 29.1 Å². The molecule has 0 aromatic heterocycles. The second-order valence-corrected chi connectivity index (χ2v) is 5.84. The van der Waals surface area contributed by atoms with E-state index in [0.717, 1.165) is 17.8 Å². The standard InChI is InChI=1S/C16H15NO2S/c18-15(19)10-4-6-11-5-3-9-14-16(11)17-12-7-1-2-8-13(12)20-14/h1-3,5,7-9,17H,4,6,10H2,(H,18,19). The van der Waals surface area contributed by atoms with Crippen molar-refractivity contribution in [1.82, 2.24) is 0 Å². The lowest BCUT2D eigenvalue weighted by Gasteiger charge is -2.23. The van der Waals surface area contributed by atoms with Gasteiger partial charge in [-0.1, -0.05) is 36.0 Å². The van der Waals surface area contributed by atoms with Crippen molar-refractivity contribution in [3.05, 3.63) is 48.0 Å². The van der Waals surface area contributed by atoms with Crippen molar-refractivity contribution in [2.45, 2.75) is 29.1 Å². The van der Waals surface area contributed by atoms with Crippen LogP contribution in [-0.2, 0) is 11.2 Å². The molecule has 0 radical (unpaired) electrons. The van der Waals surface area contributed by atoms with Gasteiger partial charge < -0.3 is 10.4 Å². The van der Waals surface area contributed by atoms with Gasteiger partial charge in [0.25, 0.3) is 0 Å². The molecule has 1 heterocycles. The Labute approximate surface area is 122 Å². The molecule has 0 saturated heterocycles. The SMILES string of the molecule is O=C(O)CCCc1cccc2c1Nc1ccccc1S2. The van der Waals surface area contributed by atoms with Crippen molar-refractivity contribution in [1.29, 1.82) is 0 Å². The van der Waals surface area contributed by atoms with E-state index in [1.165, 1.54) is 15.4 Å². The van der Waals surface area contributed by atoms with Crippen LogP contribution in [-0.4, -0.2) is 11.1 Å². The van der Waals surface area contributed by atoms with Crippen LogP contribution in [0.3, 0.4) is 0 Å². The Hall–Kier alpha value is -1.94. The van der Waals surface area contributed by atoms with E-state index in [-0.39, 0.29) is 6.42 Å². The van der Waals surface area contributed by atoms with Crippen molar-refractivity contribution in [3.8, 4) is 0 Å². The maximum atomic E-state index is 10.6. The highest BCUT2D eigenvalue weighted by molar-refractivity contribution is 7.99. The quantitative estimate of drug-likeness (QED) is 0.750. The molecule has 2 aromatic carbocycles. The van der Waals surface area contributed by atoms with Crippen LogP contribution in [0, 0.1) is 0 Å². The number of hydrogen-bond donors (Lipinski definition) is 2. The highest BCUT2D eigenvalue weighted by Crippen LogP contribution is 2.45. The third kappa shape index (κ3) is 2.65. The average Bonchev–Trinajstić information content (AvgIpc) is 2.45. The summed E-state index contributed by atoms with van der Waals surface area (Å²) in [5, 5.41) is 12.2. The molecule has 0 fully saturated rings. The molecule has 1 aliphatic heterocycles. The van der Waals surface area contributed by atoms with Gasteiger partial charge in [0.05, 0.1) is 11.4 Å². The molecule has 0 unspecified atom stereocenters. The fourth-order valence-electron chi connectivity index (χ4n) is 2.35. The summed E-state index contributed by atoms with van der Waals surface area (Å²) >= 11 is 1.76. The molecule has 4 heteroatoms. The maximum Gasteiger partial charge on any atom is 0.303 e. The van der Waals surface area contributed by atoms with E-state index < -0.39 is 5.97 Å². The number of hydrogen-bond acceptors (Lipinski definition) is 3. The lowest BCUT2D eigenvalue weighted by Crippen LogP contribution is -2.04. The fourth-order valence-corrected chi connectivity index (χ4v) is 3.40. The Balaban J connectivity index is 1.84. The summed E-state index contributed by atoms with van der Waals surface area (Å²) < 4.78 is 0. The van der Waals surface area contributed by atoms with Crippen LogP contribution in [0.1, 0.15) is 18.4 Å². The minimum atomic E-state index is -0.734. The molecule has 2 N–H and O–H groups in total. The van der Waals surface area contributed by atoms with Crippen LogP contribution in [0.5, 0.6) is 0 Å². The second-order valence-electron chi connectivity index (χ2n) is 4.76. The van der Waals surface area contributed by atoms with Gasteiger partial charge in [0.1, 0.15) is 0 Å². The number of carbonyl (C=O) groups is 1. The molecule has 102 valence electrons. The predicted octanol–water partition coefficient (Wildman–Crippen LogP) is 4.30. The average molecular weight is 285 g/mol. The molecule has 0 bridgehead atoms. The summed E-state index contributed by atoms with van der Waals surface area (Å²) in [7, 11) is 0. The van der Waals surface area contributed by atoms with Crippen molar-refractivity contribution < 1.29 is 9.90 Å². The van der Waals surface area contributed by atoms with E-state index >= 15 is 0 Å². The number of rotatable bonds is 4. The van der Waals surface area contributed by atoms with Crippen LogP contribution in [0.15, 0.2) is 52.3 Å². The van der Waals surface area contributed by atoms with Crippen LogP contribution in [0.4, 0.5) is 11.4 Å². The highest BCUT2D eigenvalue weighted by Gasteiger charge is 2.17. The van der Waals surface area contributed by atoms with E-state index in [9.17, 15) is 4.79 Å². The second kappa shape index (κ2) is 5.59. The zero-order chi connectivity index (χ0) is 13.9. The first-order chi connectivity index (χ1) is 9.74. The number of anilines is 2. The van der Waals surface area contributed by atoms with Gasteiger partial charge in [0, 0.05) is 16.2 Å². The number of aliphatic carboxylic acids is 1. The van der Waals surface area contributed by atoms with Gasteiger partial charge in [0.15, 0.2) is 0 Å². The summed E-state index contributed by atoms with van der Waals surface area (Å²) in [4.78, 5) is 13.1. The Morgan fingerprint density at radius 2 is 1.90 bits per heavy atom. The van der Waals surface area contributed by atoms with Crippen molar-refractivity contribution in [2.75, 3.05) is 5.32 Å². The van der Waals surface area contributed by atoms with Gasteiger partial charge in [-0.15, -0.1) is 0 Å². The first kappa shape index (κ1) is 13.1. The minimum Gasteiger partial charge on any atom is -0.481 e. The normalized spacial score (nSPS) is 12.2. The molecule has 3 nitrogen and oxygen atoms in total. The molecule has 20 heavy (non-hydrogen) atoms. The van der Waals surface area contributed by atoms with Gasteiger partial charge in [-0.3, -0.25) is 4.79 Å². The molecule has 0 spiro atoms. The van der Waals surface area contributed by atoms with E-state index in [1.54, 1.807) is 11.8 Å². The molecule has 2 aromatic rings.